The fourth-order valence-corrected chi connectivity index (χ4v) is 2.85. The Morgan fingerprint density at radius 2 is 2.00 bits per heavy atom. The quantitative estimate of drug-likeness (QED) is 0.779. The van der Waals surface area contributed by atoms with Crippen LogP contribution in [0.25, 0.3) is 0 Å². The molecule has 16 heavy (non-hydrogen) atoms. The number of β-amino-alcohol motifs (C(OH)–C–C–N with tert-alkyl or cyclic N) is 1. The lowest BCUT2D eigenvalue weighted by Crippen LogP contribution is -2.60. The second kappa shape index (κ2) is 3.84. The minimum Gasteiger partial charge on any atom is -0.387 e. The summed E-state index contributed by atoms with van der Waals surface area (Å²) in [6.45, 7) is 1.04. The summed E-state index contributed by atoms with van der Waals surface area (Å²) < 4.78 is 23.1. The smallest absolute Gasteiger partial charge is 0.175 e. The maximum absolute atomic E-state index is 11.5. The van der Waals surface area contributed by atoms with Crippen molar-refractivity contribution in [1.29, 1.82) is 0 Å². The van der Waals surface area contributed by atoms with Gasteiger partial charge in [0.15, 0.2) is 9.84 Å². The van der Waals surface area contributed by atoms with Gasteiger partial charge < -0.3 is 10.4 Å². The summed E-state index contributed by atoms with van der Waals surface area (Å²) in [6.07, 6.45) is 1.57. The van der Waals surface area contributed by atoms with E-state index >= 15 is 0 Å². The molecule has 0 saturated carbocycles. The fourth-order valence-electron chi connectivity index (χ4n) is 1.90. The minimum atomic E-state index is -3.22. The Labute approximate surface area is 95.2 Å². The van der Waals surface area contributed by atoms with Crippen molar-refractivity contribution in [2.75, 3.05) is 19.3 Å². The van der Waals surface area contributed by atoms with E-state index in [0.29, 0.717) is 30.0 Å². The Morgan fingerprint density at radius 1 is 1.38 bits per heavy atom. The molecule has 1 saturated heterocycles. The van der Waals surface area contributed by atoms with Crippen LogP contribution in [0, 0.1) is 0 Å². The number of hydrogen-bond donors (Lipinski definition) is 2. The lowest BCUT2D eigenvalue weighted by atomic mass is 9.89. The first-order valence-electron chi connectivity index (χ1n) is 5.12. The molecule has 88 valence electrons. The molecule has 2 rings (SSSR count). The van der Waals surface area contributed by atoms with E-state index in [1.54, 1.807) is 24.3 Å². The Balaban J connectivity index is 2.34. The molecular formula is C11H15NO3S. The number of nitrogens with one attached hydrogen (secondary N) is 1. The van der Waals surface area contributed by atoms with Gasteiger partial charge in [-0.2, -0.15) is 0 Å². The third-order valence-corrected chi connectivity index (χ3v) is 4.00. The molecule has 5 heteroatoms. The molecule has 1 aromatic carbocycles. The molecule has 0 atom stereocenters. The van der Waals surface area contributed by atoms with Gasteiger partial charge in [-0.15, -0.1) is 0 Å². The standard InChI is InChI=1S/C11H15NO3S/c1-16(14,15)10-5-3-2-4-9(10)6-11(13)7-12-8-11/h2-5,12-13H,6-8H2,1H3. The Morgan fingerprint density at radius 3 is 2.50 bits per heavy atom. The van der Waals surface area contributed by atoms with E-state index in [4.69, 9.17) is 0 Å². The van der Waals surface area contributed by atoms with E-state index in [1.165, 1.54) is 6.26 Å². The molecule has 1 fully saturated rings. The number of rotatable bonds is 3. The lowest BCUT2D eigenvalue weighted by molar-refractivity contribution is -0.00951. The largest absolute Gasteiger partial charge is 0.387 e. The maximum atomic E-state index is 11.5. The topological polar surface area (TPSA) is 66.4 Å². The number of sulfone groups is 1. The van der Waals surface area contributed by atoms with Crippen LogP contribution >= 0.6 is 0 Å². The zero-order valence-corrected chi connectivity index (χ0v) is 9.92. The van der Waals surface area contributed by atoms with Crippen molar-refractivity contribution in [3.05, 3.63) is 29.8 Å². The third kappa shape index (κ3) is 2.26. The minimum absolute atomic E-state index is 0.315. The maximum Gasteiger partial charge on any atom is 0.175 e. The van der Waals surface area contributed by atoms with Crippen molar-refractivity contribution in [3.8, 4) is 0 Å². The van der Waals surface area contributed by atoms with E-state index in [2.05, 4.69) is 5.32 Å². The highest BCUT2D eigenvalue weighted by atomic mass is 32.2. The highest BCUT2D eigenvalue weighted by Gasteiger charge is 2.35. The van der Waals surface area contributed by atoms with Gasteiger partial charge in [0.25, 0.3) is 0 Å². The first-order valence-corrected chi connectivity index (χ1v) is 7.01. The monoisotopic (exact) mass is 241 g/mol. The average molecular weight is 241 g/mol. The van der Waals surface area contributed by atoms with Gasteiger partial charge in [0, 0.05) is 25.8 Å². The van der Waals surface area contributed by atoms with Crippen LogP contribution in [0.5, 0.6) is 0 Å². The van der Waals surface area contributed by atoms with Crippen molar-refractivity contribution in [2.24, 2.45) is 0 Å². The second-order valence-corrected chi connectivity index (χ2v) is 6.37. The van der Waals surface area contributed by atoms with E-state index in [1.807, 2.05) is 0 Å². The van der Waals surface area contributed by atoms with Crippen molar-refractivity contribution in [1.82, 2.24) is 5.32 Å². The molecule has 1 aliphatic heterocycles. The molecule has 0 unspecified atom stereocenters. The summed E-state index contributed by atoms with van der Waals surface area (Å²) in [7, 11) is -3.22. The Kier molecular flexibility index (Phi) is 2.77. The van der Waals surface area contributed by atoms with Crippen LogP contribution in [-0.2, 0) is 16.3 Å². The zero-order valence-electron chi connectivity index (χ0n) is 9.10. The highest BCUT2D eigenvalue weighted by molar-refractivity contribution is 7.90. The van der Waals surface area contributed by atoms with Crippen LogP contribution in [0.4, 0.5) is 0 Å². The molecule has 1 aromatic rings. The van der Waals surface area contributed by atoms with Crippen LogP contribution in [0.15, 0.2) is 29.2 Å². The van der Waals surface area contributed by atoms with Crippen molar-refractivity contribution in [3.63, 3.8) is 0 Å². The van der Waals surface area contributed by atoms with Crippen LogP contribution in [0.3, 0.4) is 0 Å². The van der Waals surface area contributed by atoms with E-state index < -0.39 is 15.4 Å². The molecule has 4 nitrogen and oxygen atoms in total. The summed E-state index contributed by atoms with van der Waals surface area (Å²) in [6, 6.07) is 6.83. The predicted molar refractivity (Wildman–Crippen MR) is 61.1 cm³/mol. The molecule has 0 radical (unpaired) electrons. The molecule has 0 bridgehead atoms. The fraction of sp³-hybridized carbons (Fsp3) is 0.455. The molecule has 1 aliphatic rings. The van der Waals surface area contributed by atoms with Gasteiger partial charge in [-0.05, 0) is 11.6 Å². The first-order chi connectivity index (χ1) is 7.41. The van der Waals surface area contributed by atoms with Gasteiger partial charge in [0.2, 0.25) is 0 Å². The van der Waals surface area contributed by atoms with Gasteiger partial charge in [0.1, 0.15) is 0 Å². The summed E-state index contributed by atoms with van der Waals surface area (Å²) >= 11 is 0. The highest BCUT2D eigenvalue weighted by Crippen LogP contribution is 2.23. The summed E-state index contributed by atoms with van der Waals surface area (Å²) in [5, 5.41) is 13.0. The van der Waals surface area contributed by atoms with Crippen LogP contribution in [-0.4, -0.2) is 38.5 Å². The van der Waals surface area contributed by atoms with Crippen molar-refractivity contribution >= 4 is 9.84 Å². The lowest BCUT2D eigenvalue weighted by Gasteiger charge is -2.38. The van der Waals surface area contributed by atoms with Gasteiger partial charge in [-0.3, -0.25) is 0 Å². The van der Waals surface area contributed by atoms with Crippen molar-refractivity contribution < 1.29 is 13.5 Å². The van der Waals surface area contributed by atoms with Crippen molar-refractivity contribution in [2.45, 2.75) is 16.9 Å². The Hall–Kier alpha value is -0.910. The van der Waals surface area contributed by atoms with E-state index in [9.17, 15) is 13.5 Å². The Bertz CT molecular complexity index is 492. The molecular weight excluding hydrogens is 226 g/mol. The summed E-state index contributed by atoms with van der Waals surface area (Å²) in [5.41, 5.74) is -0.102. The van der Waals surface area contributed by atoms with Gasteiger partial charge >= 0.3 is 0 Å². The van der Waals surface area contributed by atoms with Gasteiger partial charge in [0.05, 0.1) is 10.5 Å². The summed E-state index contributed by atoms with van der Waals surface area (Å²) in [5.74, 6) is 0. The van der Waals surface area contributed by atoms with E-state index in [0.717, 1.165) is 0 Å². The molecule has 0 amide bonds. The number of hydrogen-bond acceptors (Lipinski definition) is 4. The SMILES string of the molecule is CS(=O)(=O)c1ccccc1CC1(O)CNC1. The molecule has 0 spiro atoms. The molecule has 2 N–H and O–H groups in total. The normalized spacial score (nSPS) is 19.1. The average Bonchev–Trinajstić information content (AvgIpc) is 2.14. The van der Waals surface area contributed by atoms with Crippen LogP contribution < -0.4 is 5.32 Å². The van der Waals surface area contributed by atoms with Crippen LogP contribution in [0.2, 0.25) is 0 Å². The first kappa shape index (κ1) is 11.6. The number of benzene rings is 1. The third-order valence-electron chi connectivity index (χ3n) is 2.80. The van der Waals surface area contributed by atoms with Gasteiger partial charge in [-0.25, -0.2) is 8.42 Å². The second-order valence-electron chi connectivity index (χ2n) is 4.38. The number of aliphatic hydroxyl groups is 1. The van der Waals surface area contributed by atoms with Gasteiger partial charge in [-0.1, -0.05) is 18.2 Å². The van der Waals surface area contributed by atoms with E-state index in [-0.39, 0.29) is 0 Å². The molecule has 0 aliphatic carbocycles. The molecule has 1 heterocycles. The zero-order chi connectivity index (χ0) is 11.8. The molecule has 0 aromatic heterocycles. The summed E-state index contributed by atoms with van der Waals surface area (Å²) in [4.78, 5) is 0.315. The predicted octanol–water partition coefficient (Wildman–Crippen LogP) is -0.0331. The van der Waals surface area contributed by atoms with Crippen LogP contribution in [0.1, 0.15) is 5.56 Å².